The van der Waals surface area contributed by atoms with Crippen LogP contribution in [-0.2, 0) is 16.6 Å². The fourth-order valence-corrected chi connectivity index (χ4v) is 6.98. The molecular formula is C19H24N2O6S3. The summed E-state index contributed by atoms with van der Waals surface area (Å²) in [5.74, 6) is 2.48. The first-order chi connectivity index (χ1) is 14.4. The SMILES string of the molecule is COc1cc(CNC(=O)c2sccc2S(=O)(=O)N2CCSCC2)cc(OC)c1OC. The number of nitrogens with zero attached hydrogens (tertiary/aromatic N) is 1. The summed E-state index contributed by atoms with van der Waals surface area (Å²) in [6.45, 7) is 1.08. The van der Waals surface area contributed by atoms with Crippen LogP contribution in [0.1, 0.15) is 15.2 Å². The Morgan fingerprint density at radius 3 is 2.30 bits per heavy atom. The lowest BCUT2D eigenvalue weighted by Gasteiger charge is -2.25. The molecule has 1 amide bonds. The third kappa shape index (κ3) is 4.69. The smallest absolute Gasteiger partial charge is 0.263 e. The summed E-state index contributed by atoms with van der Waals surface area (Å²) in [7, 11) is 0.852. The Bertz CT molecular complexity index is 974. The van der Waals surface area contributed by atoms with E-state index in [1.165, 1.54) is 31.7 Å². The molecule has 0 aliphatic carbocycles. The molecule has 1 N–H and O–H groups in total. The molecule has 1 saturated heterocycles. The molecule has 1 aromatic carbocycles. The van der Waals surface area contributed by atoms with Gasteiger partial charge < -0.3 is 19.5 Å². The van der Waals surface area contributed by atoms with Gasteiger partial charge in [0.05, 0.1) is 21.3 Å². The van der Waals surface area contributed by atoms with E-state index in [2.05, 4.69) is 5.32 Å². The number of carbonyl (C=O) groups excluding carboxylic acids is 1. The lowest BCUT2D eigenvalue weighted by Crippen LogP contribution is -2.38. The van der Waals surface area contributed by atoms with Crippen LogP contribution in [0.15, 0.2) is 28.5 Å². The maximum absolute atomic E-state index is 13.0. The van der Waals surface area contributed by atoms with Crippen molar-refractivity contribution in [2.24, 2.45) is 0 Å². The first-order valence-electron chi connectivity index (χ1n) is 9.14. The summed E-state index contributed by atoms with van der Waals surface area (Å²) in [5.41, 5.74) is 0.729. The number of hydrogen-bond acceptors (Lipinski definition) is 8. The highest BCUT2D eigenvalue weighted by Gasteiger charge is 2.31. The van der Waals surface area contributed by atoms with Crippen molar-refractivity contribution in [1.82, 2.24) is 9.62 Å². The van der Waals surface area contributed by atoms with Crippen molar-refractivity contribution in [3.05, 3.63) is 34.0 Å². The molecular weight excluding hydrogens is 448 g/mol. The van der Waals surface area contributed by atoms with Crippen molar-refractivity contribution in [3.63, 3.8) is 0 Å². The number of sulfonamides is 1. The summed E-state index contributed by atoms with van der Waals surface area (Å²) >= 11 is 2.84. The van der Waals surface area contributed by atoms with Gasteiger partial charge in [-0.05, 0) is 29.1 Å². The number of carbonyl (C=O) groups is 1. The molecule has 2 aromatic rings. The van der Waals surface area contributed by atoms with Crippen molar-refractivity contribution in [2.45, 2.75) is 11.4 Å². The maximum Gasteiger partial charge on any atom is 0.263 e. The van der Waals surface area contributed by atoms with Crippen molar-refractivity contribution in [2.75, 3.05) is 45.9 Å². The minimum atomic E-state index is -3.69. The Labute approximate surface area is 184 Å². The normalized spacial score (nSPS) is 14.9. The largest absolute Gasteiger partial charge is 0.493 e. The molecule has 0 atom stereocenters. The standard InChI is InChI=1S/C19H24N2O6S3/c1-25-14-10-13(11-15(26-2)17(14)27-3)12-20-19(22)18-16(4-7-29-18)30(23,24)21-5-8-28-9-6-21/h4,7,10-11H,5-6,8-9,12H2,1-3H3,(H,20,22). The van der Waals surface area contributed by atoms with Gasteiger partial charge in [-0.2, -0.15) is 16.1 Å². The first-order valence-corrected chi connectivity index (χ1v) is 12.6. The van der Waals surface area contributed by atoms with E-state index in [9.17, 15) is 13.2 Å². The summed E-state index contributed by atoms with van der Waals surface area (Å²) in [6.07, 6.45) is 0. The maximum atomic E-state index is 13.0. The van der Waals surface area contributed by atoms with E-state index in [4.69, 9.17) is 14.2 Å². The third-order valence-electron chi connectivity index (χ3n) is 4.60. The van der Waals surface area contributed by atoms with Gasteiger partial charge in [0.2, 0.25) is 15.8 Å². The average molecular weight is 473 g/mol. The third-order valence-corrected chi connectivity index (χ3v) is 8.53. The van der Waals surface area contributed by atoms with Crippen LogP contribution >= 0.6 is 23.1 Å². The van der Waals surface area contributed by atoms with Crippen LogP contribution < -0.4 is 19.5 Å². The molecule has 30 heavy (non-hydrogen) atoms. The Morgan fingerprint density at radius 2 is 1.73 bits per heavy atom. The monoisotopic (exact) mass is 472 g/mol. The Morgan fingerprint density at radius 1 is 1.10 bits per heavy atom. The van der Waals surface area contributed by atoms with E-state index in [0.717, 1.165) is 28.4 Å². The van der Waals surface area contributed by atoms with Crippen LogP contribution in [-0.4, -0.2) is 64.6 Å². The molecule has 0 saturated carbocycles. The van der Waals surface area contributed by atoms with Gasteiger partial charge in [-0.3, -0.25) is 4.79 Å². The summed E-state index contributed by atoms with van der Waals surface area (Å²) in [5, 5.41) is 4.41. The Balaban J connectivity index is 1.78. The number of ether oxygens (including phenoxy) is 3. The Kier molecular flexibility index (Phi) is 7.50. The molecule has 11 heteroatoms. The van der Waals surface area contributed by atoms with Crippen LogP contribution in [0.2, 0.25) is 0 Å². The van der Waals surface area contributed by atoms with Gasteiger partial charge in [0.25, 0.3) is 5.91 Å². The molecule has 3 rings (SSSR count). The number of methoxy groups -OCH3 is 3. The van der Waals surface area contributed by atoms with Crippen molar-refractivity contribution in [1.29, 1.82) is 0 Å². The van der Waals surface area contributed by atoms with Crippen molar-refractivity contribution in [3.8, 4) is 17.2 Å². The Hall–Kier alpha value is -1.95. The highest BCUT2D eigenvalue weighted by atomic mass is 32.2. The second kappa shape index (κ2) is 9.90. The second-order valence-electron chi connectivity index (χ2n) is 6.35. The number of amides is 1. The number of nitrogens with one attached hydrogen (secondary N) is 1. The molecule has 0 spiro atoms. The van der Waals surface area contributed by atoms with Gasteiger partial charge in [-0.15, -0.1) is 11.3 Å². The van der Waals surface area contributed by atoms with E-state index < -0.39 is 15.9 Å². The molecule has 1 fully saturated rings. The fourth-order valence-electron chi connectivity index (χ4n) is 3.09. The van der Waals surface area contributed by atoms with E-state index in [1.807, 2.05) is 0 Å². The zero-order valence-corrected chi connectivity index (χ0v) is 19.4. The van der Waals surface area contributed by atoms with Crippen molar-refractivity contribution < 1.29 is 27.4 Å². The molecule has 1 aromatic heterocycles. The van der Waals surface area contributed by atoms with Gasteiger partial charge in [0.15, 0.2) is 11.5 Å². The highest BCUT2D eigenvalue weighted by molar-refractivity contribution is 7.99. The average Bonchev–Trinajstić information content (AvgIpc) is 3.28. The summed E-state index contributed by atoms with van der Waals surface area (Å²) in [6, 6.07) is 4.97. The summed E-state index contributed by atoms with van der Waals surface area (Å²) in [4.78, 5) is 13.0. The lowest BCUT2D eigenvalue weighted by atomic mass is 10.1. The number of thiophene rings is 1. The van der Waals surface area contributed by atoms with Crippen LogP contribution in [0.4, 0.5) is 0 Å². The van der Waals surface area contributed by atoms with Crippen LogP contribution in [0.3, 0.4) is 0 Å². The number of hydrogen-bond donors (Lipinski definition) is 1. The van der Waals surface area contributed by atoms with Gasteiger partial charge >= 0.3 is 0 Å². The molecule has 2 heterocycles. The van der Waals surface area contributed by atoms with Gasteiger partial charge in [-0.1, -0.05) is 0 Å². The summed E-state index contributed by atoms with van der Waals surface area (Å²) < 4.78 is 43.4. The quantitative estimate of drug-likeness (QED) is 0.631. The molecule has 8 nitrogen and oxygen atoms in total. The molecule has 1 aliphatic heterocycles. The van der Waals surface area contributed by atoms with Crippen molar-refractivity contribution >= 4 is 39.0 Å². The van der Waals surface area contributed by atoms with Gasteiger partial charge in [0, 0.05) is 31.1 Å². The predicted octanol–water partition coefficient (Wildman–Crippen LogP) is 2.44. The first kappa shape index (κ1) is 22.7. The minimum absolute atomic E-state index is 0.0572. The number of rotatable bonds is 8. The van der Waals surface area contributed by atoms with E-state index in [1.54, 1.807) is 29.3 Å². The van der Waals surface area contributed by atoms with Crippen LogP contribution in [0, 0.1) is 0 Å². The van der Waals surface area contributed by atoms with E-state index >= 15 is 0 Å². The predicted molar refractivity (Wildman–Crippen MR) is 118 cm³/mol. The van der Waals surface area contributed by atoms with Crippen LogP contribution in [0.5, 0.6) is 17.2 Å². The molecule has 0 radical (unpaired) electrons. The zero-order chi connectivity index (χ0) is 21.7. The fraction of sp³-hybridized carbons (Fsp3) is 0.421. The van der Waals surface area contributed by atoms with Crippen LogP contribution in [0.25, 0.3) is 0 Å². The second-order valence-corrected chi connectivity index (χ2v) is 10.4. The highest BCUT2D eigenvalue weighted by Crippen LogP contribution is 2.38. The van der Waals surface area contributed by atoms with Gasteiger partial charge in [-0.25, -0.2) is 8.42 Å². The number of thioether (sulfide) groups is 1. The topological polar surface area (TPSA) is 94.2 Å². The van der Waals surface area contributed by atoms with E-state index in [-0.39, 0.29) is 16.3 Å². The van der Waals surface area contributed by atoms with Gasteiger partial charge in [0.1, 0.15) is 9.77 Å². The number of benzene rings is 1. The molecule has 164 valence electrons. The molecule has 1 aliphatic rings. The van der Waals surface area contributed by atoms with E-state index in [0.29, 0.717) is 30.3 Å². The molecule has 0 unspecified atom stereocenters. The zero-order valence-electron chi connectivity index (χ0n) is 17.0. The minimum Gasteiger partial charge on any atom is -0.493 e. The lowest BCUT2D eigenvalue weighted by molar-refractivity contribution is 0.0951. The molecule has 0 bridgehead atoms.